The number of fused-ring (bicyclic) bond motifs is 1. The Balaban J connectivity index is 1.36. The minimum absolute atomic E-state index is 0.00115. The van der Waals surface area contributed by atoms with Crippen molar-refractivity contribution < 1.29 is 14.3 Å². The van der Waals surface area contributed by atoms with E-state index in [4.69, 9.17) is 4.74 Å². The molecular formula is C22H27BrN6O3. The van der Waals surface area contributed by atoms with E-state index in [0.29, 0.717) is 31.3 Å². The van der Waals surface area contributed by atoms with E-state index in [2.05, 4.69) is 41.8 Å². The quantitative estimate of drug-likeness (QED) is 0.571. The number of hydrogen-bond donors (Lipinski definition) is 3. The lowest BCUT2D eigenvalue weighted by atomic mass is 10.1. The molecule has 1 saturated heterocycles. The maximum Gasteiger partial charge on any atom is 0.410 e. The lowest BCUT2D eigenvalue weighted by molar-refractivity contribution is -0.115. The lowest BCUT2D eigenvalue weighted by Crippen LogP contribution is -2.44. The standard InChI is InChI=1S/C22H27BrN6O3/c1-22(2,3)32-21(31)29-8-6-14(7-9-29)25-19-16(23)12-24-20(28-19)26-15-4-5-17-13(10-15)11-18(30)27-17/h4-5,10,12,14H,6-9,11H2,1-3H3,(H,27,30)(H2,24,25,26,28). The fourth-order valence-electron chi connectivity index (χ4n) is 3.69. The molecule has 2 aliphatic heterocycles. The first kappa shape index (κ1) is 22.3. The molecule has 170 valence electrons. The van der Waals surface area contributed by atoms with Crippen molar-refractivity contribution in [3.8, 4) is 0 Å². The third-order valence-corrected chi connectivity index (χ3v) is 5.80. The van der Waals surface area contributed by atoms with Crippen molar-refractivity contribution in [2.75, 3.05) is 29.0 Å². The van der Waals surface area contributed by atoms with Crippen LogP contribution in [-0.2, 0) is 16.0 Å². The first-order chi connectivity index (χ1) is 15.2. The van der Waals surface area contributed by atoms with Gasteiger partial charge in [-0.1, -0.05) is 0 Å². The molecule has 0 aliphatic carbocycles. The maximum absolute atomic E-state index is 12.3. The number of piperidine rings is 1. The Morgan fingerprint density at radius 2 is 2.03 bits per heavy atom. The summed E-state index contributed by atoms with van der Waals surface area (Å²) in [6, 6.07) is 5.87. The average molecular weight is 503 g/mol. The van der Waals surface area contributed by atoms with Crippen LogP contribution in [-0.4, -0.2) is 51.6 Å². The van der Waals surface area contributed by atoms with Crippen LogP contribution in [0, 0.1) is 0 Å². The maximum atomic E-state index is 12.3. The van der Waals surface area contributed by atoms with Crippen LogP contribution in [0.25, 0.3) is 0 Å². The zero-order chi connectivity index (χ0) is 22.9. The Kier molecular flexibility index (Phi) is 6.23. The summed E-state index contributed by atoms with van der Waals surface area (Å²) in [5.74, 6) is 1.15. The van der Waals surface area contributed by atoms with E-state index in [1.54, 1.807) is 11.1 Å². The molecule has 0 atom stereocenters. The molecule has 0 unspecified atom stereocenters. The number of rotatable bonds is 4. The number of aromatic nitrogens is 2. The molecule has 3 heterocycles. The molecule has 1 aromatic carbocycles. The van der Waals surface area contributed by atoms with Gasteiger partial charge in [-0.05, 0) is 73.3 Å². The van der Waals surface area contributed by atoms with Gasteiger partial charge < -0.3 is 25.6 Å². The highest BCUT2D eigenvalue weighted by molar-refractivity contribution is 9.10. The van der Waals surface area contributed by atoms with Crippen molar-refractivity contribution in [3.05, 3.63) is 34.4 Å². The van der Waals surface area contributed by atoms with Crippen molar-refractivity contribution in [1.82, 2.24) is 14.9 Å². The summed E-state index contributed by atoms with van der Waals surface area (Å²) in [7, 11) is 0. The summed E-state index contributed by atoms with van der Waals surface area (Å²) in [6.45, 7) is 6.87. The topological polar surface area (TPSA) is 108 Å². The predicted octanol–water partition coefficient (Wildman–Crippen LogP) is 4.29. The van der Waals surface area contributed by atoms with E-state index in [1.807, 2.05) is 39.0 Å². The molecule has 0 radical (unpaired) electrons. The highest BCUT2D eigenvalue weighted by Crippen LogP contribution is 2.29. The Labute approximate surface area is 195 Å². The Hall–Kier alpha value is -2.88. The summed E-state index contributed by atoms with van der Waals surface area (Å²) >= 11 is 3.51. The van der Waals surface area contributed by atoms with Gasteiger partial charge in [0.05, 0.1) is 10.9 Å². The minimum atomic E-state index is -0.494. The second kappa shape index (κ2) is 8.93. The number of likely N-dealkylation sites (tertiary alicyclic amines) is 1. The van der Waals surface area contributed by atoms with Crippen LogP contribution >= 0.6 is 15.9 Å². The van der Waals surface area contributed by atoms with Gasteiger partial charge in [0, 0.05) is 36.7 Å². The summed E-state index contributed by atoms with van der Waals surface area (Å²) in [5, 5.41) is 9.49. The molecule has 1 fully saturated rings. The first-order valence-corrected chi connectivity index (χ1v) is 11.4. The SMILES string of the molecule is CC(C)(C)OC(=O)N1CCC(Nc2nc(Nc3ccc4c(c3)CC(=O)N4)ncc2Br)CC1. The number of carbonyl (C=O) groups is 2. The average Bonchev–Trinajstić information content (AvgIpc) is 3.09. The first-order valence-electron chi connectivity index (χ1n) is 10.6. The van der Waals surface area contributed by atoms with Gasteiger partial charge >= 0.3 is 6.09 Å². The summed E-state index contributed by atoms with van der Waals surface area (Å²) in [5.41, 5.74) is 2.12. The van der Waals surface area contributed by atoms with Gasteiger partial charge in [-0.3, -0.25) is 4.79 Å². The molecule has 4 rings (SSSR count). The van der Waals surface area contributed by atoms with E-state index in [9.17, 15) is 9.59 Å². The molecule has 2 aromatic rings. The summed E-state index contributed by atoms with van der Waals surface area (Å²) < 4.78 is 6.23. The van der Waals surface area contributed by atoms with Crippen molar-refractivity contribution in [2.24, 2.45) is 0 Å². The van der Waals surface area contributed by atoms with Crippen molar-refractivity contribution in [1.29, 1.82) is 0 Å². The van der Waals surface area contributed by atoms with Gasteiger partial charge in [-0.2, -0.15) is 4.98 Å². The zero-order valence-corrected chi connectivity index (χ0v) is 20.0. The molecule has 2 aliphatic rings. The number of nitrogens with zero attached hydrogens (tertiary/aromatic N) is 3. The molecule has 32 heavy (non-hydrogen) atoms. The molecule has 3 N–H and O–H groups in total. The normalized spacial score (nSPS) is 16.4. The zero-order valence-electron chi connectivity index (χ0n) is 18.4. The number of hydrogen-bond acceptors (Lipinski definition) is 7. The van der Waals surface area contributed by atoms with Crippen LogP contribution in [0.15, 0.2) is 28.9 Å². The van der Waals surface area contributed by atoms with E-state index in [1.165, 1.54) is 0 Å². The smallest absolute Gasteiger partial charge is 0.410 e. The number of halogens is 1. The van der Waals surface area contributed by atoms with Crippen LogP contribution in [0.4, 0.5) is 27.9 Å². The van der Waals surface area contributed by atoms with Crippen LogP contribution in [0.2, 0.25) is 0 Å². The number of nitrogens with one attached hydrogen (secondary N) is 3. The molecule has 0 spiro atoms. The third-order valence-electron chi connectivity index (χ3n) is 5.22. The fraction of sp³-hybridized carbons (Fsp3) is 0.455. The van der Waals surface area contributed by atoms with Crippen molar-refractivity contribution >= 4 is 51.1 Å². The monoisotopic (exact) mass is 502 g/mol. The van der Waals surface area contributed by atoms with Crippen LogP contribution in [0.1, 0.15) is 39.2 Å². The number of anilines is 4. The lowest BCUT2D eigenvalue weighted by Gasteiger charge is -2.34. The van der Waals surface area contributed by atoms with Gasteiger partial charge in [-0.25, -0.2) is 9.78 Å². The van der Waals surface area contributed by atoms with Gasteiger partial charge in [0.25, 0.3) is 0 Å². The number of benzene rings is 1. The Morgan fingerprint density at radius 3 is 2.75 bits per heavy atom. The molecule has 10 heteroatoms. The Bertz CT molecular complexity index is 1030. The third kappa shape index (κ3) is 5.48. The van der Waals surface area contributed by atoms with Crippen LogP contribution in [0.5, 0.6) is 0 Å². The molecular weight excluding hydrogens is 476 g/mol. The van der Waals surface area contributed by atoms with Gasteiger partial charge in [0.2, 0.25) is 11.9 Å². The molecule has 2 amide bonds. The fourth-order valence-corrected chi connectivity index (χ4v) is 4.00. The van der Waals surface area contributed by atoms with E-state index in [-0.39, 0.29) is 18.0 Å². The molecule has 0 bridgehead atoms. The van der Waals surface area contributed by atoms with Crippen molar-refractivity contribution in [3.63, 3.8) is 0 Å². The highest BCUT2D eigenvalue weighted by Gasteiger charge is 2.27. The van der Waals surface area contributed by atoms with E-state index < -0.39 is 5.60 Å². The minimum Gasteiger partial charge on any atom is -0.444 e. The van der Waals surface area contributed by atoms with Gasteiger partial charge in [0.15, 0.2) is 0 Å². The van der Waals surface area contributed by atoms with E-state index >= 15 is 0 Å². The molecule has 9 nitrogen and oxygen atoms in total. The number of ether oxygens (including phenoxy) is 1. The van der Waals surface area contributed by atoms with Crippen LogP contribution in [0.3, 0.4) is 0 Å². The van der Waals surface area contributed by atoms with Crippen molar-refractivity contribution in [2.45, 2.75) is 51.7 Å². The highest BCUT2D eigenvalue weighted by atomic mass is 79.9. The summed E-state index contributed by atoms with van der Waals surface area (Å²) in [4.78, 5) is 34.5. The predicted molar refractivity (Wildman–Crippen MR) is 126 cm³/mol. The number of amides is 2. The molecule has 1 aromatic heterocycles. The summed E-state index contributed by atoms with van der Waals surface area (Å²) in [6.07, 6.45) is 3.40. The molecule has 0 saturated carbocycles. The van der Waals surface area contributed by atoms with E-state index in [0.717, 1.165) is 34.3 Å². The van der Waals surface area contributed by atoms with Gasteiger partial charge in [0.1, 0.15) is 11.4 Å². The number of carbonyl (C=O) groups excluding carboxylic acids is 2. The van der Waals surface area contributed by atoms with Crippen LogP contribution < -0.4 is 16.0 Å². The second-order valence-corrected chi connectivity index (χ2v) is 9.85. The largest absolute Gasteiger partial charge is 0.444 e. The van der Waals surface area contributed by atoms with Gasteiger partial charge in [-0.15, -0.1) is 0 Å². The Morgan fingerprint density at radius 1 is 1.28 bits per heavy atom. The second-order valence-electron chi connectivity index (χ2n) is 9.00.